The number of aryl methyl sites for hydroxylation is 1. The molecule has 1 aromatic heterocycles. The number of hydrogen-bond acceptors (Lipinski definition) is 4. The molecule has 1 heterocycles. The van der Waals surface area contributed by atoms with Crippen molar-refractivity contribution in [3.8, 4) is 0 Å². The van der Waals surface area contributed by atoms with Crippen LogP contribution in [0.25, 0.3) is 0 Å². The van der Waals surface area contributed by atoms with E-state index in [-0.39, 0.29) is 0 Å². The molecule has 6 heteroatoms. The minimum atomic E-state index is 0.551. The summed E-state index contributed by atoms with van der Waals surface area (Å²) >= 11 is 12.0. The molecule has 0 aliphatic carbocycles. The molecule has 0 unspecified atom stereocenters. The molecule has 0 saturated carbocycles. The number of hydrogen-bond donors (Lipinski definition) is 2. The Labute approximate surface area is 122 Å². The Kier molecular flexibility index (Phi) is 4.45. The normalized spacial score (nSPS) is 10.3. The van der Waals surface area contributed by atoms with Crippen LogP contribution in [0.1, 0.15) is 12.5 Å². The zero-order valence-corrected chi connectivity index (χ0v) is 12.2. The molecule has 0 saturated heterocycles. The molecule has 19 heavy (non-hydrogen) atoms. The zero-order valence-electron chi connectivity index (χ0n) is 10.7. The van der Waals surface area contributed by atoms with Gasteiger partial charge in [-0.3, -0.25) is 0 Å². The maximum atomic E-state index is 6.13. The average molecular weight is 297 g/mol. The molecule has 2 N–H and O–H groups in total. The Bertz CT molecular complexity index is 587. The fourth-order valence-corrected chi connectivity index (χ4v) is 1.99. The maximum absolute atomic E-state index is 6.13. The SMILES string of the molecule is CCNc1ncc(C)c(Nc2ccc(Cl)cc2Cl)n1. The van der Waals surface area contributed by atoms with Crippen LogP contribution in [0.5, 0.6) is 0 Å². The topological polar surface area (TPSA) is 49.8 Å². The van der Waals surface area contributed by atoms with Gasteiger partial charge in [-0.25, -0.2) is 4.98 Å². The van der Waals surface area contributed by atoms with E-state index in [2.05, 4.69) is 20.6 Å². The first-order valence-corrected chi connectivity index (χ1v) is 6.65. The second-order valence-electron chi connectivity index (χ2n) is 4.00. The summed E-state index contributed by atoms with van der Waals surface area (Å²) in [6.07, 6.45) is 1.76. The van der Waals surface area contributed by atoms with Gasteiger partial charge in [0.1, 0.15) is 5.82 Å². The van der Waals surface area contributed by atoms with Gasteiger partial charge in [-0.05, 0) is 32.0 Å². The molecule has 1 aromatic carbocycles. The highest BCUT2D eigenvalue weighted by atomic mass is 35.5. The van der Waals surface area contributed by atoms with E-state index < -0.39 is 0 Å². The zero-order chi connectivity index (χ0) is 13.8. The second kappa shape index (κ2) is 6.08. The van der Waals surface area contributed by atoms with Gasteiger partial charge in [-0.1, -0.05) is 23.2 Å². The summed E-state index contributed by atoms with van der Waals surface area (Å²) in [4.78, 5) is 8.59. The van der Waals surface area contributed by atoms with Crippen molar-refractivity contribution in [2.75, 3.05) is 17.2 Å². The molecule has 0 amide bonds. The molecule has 2 rings (SSSR count). The highest BCUT2D eigenvalue weighted by Gasteiger charge is 2.06. The number of aromatic nitrogens is 2. The molecule has 0 atom stereocenters. The summed E-state index contributed by atoms with van der Waals surface area (Å²) in [6, 6.07) is 5.28. The van der Waals surface area contributed by atoms with Crippen molar-refractivity contribution in [1.82, 2.24) is 9.97 Å². The number of nitrogens with zero attached hydrogens (tertiary/aromatic N) is 2. The fourth-order valence-electron chi connectivity index (χ4n) is 1.53. The fraction of sp³-hybridized carbons (Fsp3) is 0.231. The van der Waals surface area contributed by atoms with Crippen LogP contribution in [0.2, 0.25) is 10.0 Å². The van der Waals surface area contributed by atoms with Crippen LogP contribution in [-0.2, 0) is 0 Å². The van der Waals surface area contributed by atoms with Crippen LogP contribution in [-0.4, -0.2) is 16.5 Å². The Hall–Kier alpha value is -1.52. The van der Waals surface area contributed by atoms with Crippen LogP contribution in [0.3, 0.4) is 0 Å². The number of rotatable bonds is 4. The molecule has 0 aliphatic rings. The van der Waals surface area contributed by atoms with Gasteiger partial charge in [0.2, 0.25) is 5.95 Å². The first kappa shape index (κ1) is 13.9. The van der Waals surface area contributed by atoms with Crippen molar-refractivity contribution < 1.29 is 0 Å². The van der Waals surface area contributed by atoms with E-state index in [1.54, 1.807) is 18.3 Å². The third-order valence-corrected chi connectivity index (χ3v) is 3.04. The number of halogens is 2. The largest absolute Gasteiger partial charge is 0.354 e. The predicted octanol–water partition coefficient (Wildman–Crippen LogP) is 4.27. The van der Waals surface area contributed by atoms with Crippen molar-refractivity contribution in [2.24, 2.45) is 0 Å². The number of benzene rings is 1. The van der Waals surface area contributed by atoms with Gasteiger partial charge in [-0.15, -0.1) is 0 Å². The van der Waals surface area contributed by atoms with Gasteiger partial charge < -0.3 is 10.6 Å². The van der Waals surface area contributed by atoms with E-state index in [0.29, 0.717) is 16.0 Å². The summed E-state index contributed by atoms with van der Waals surface area (Å²) in [5.41, 5.74) is 1.70. The predicted molar refractivity (Wildman–Crippen MR) is 80.7 cm³/mol. The van der Waals surface area contributed by atoms with E-state index in [0.717, 1.165) is 23.6 Å². The van der Waals surface area contributed by atoms with Gasteiger partial charge in [0.25, 0.3) is 0 Å². The molecule has 0 radical (unpaired) electrons. The van der Waals surface area contributed by atoms with Crippen molar-refractivity contribution in [2.45, 2.75) is 13.8 Å². The third-order valence-electron chi connectivity index (χ3n) is 2.49. The summed E-state index contributed by atoms with van der Waals surface area (Å²) in [6.45, 7) is 4.69. The van der Waals surface area contributed by atoms with Gasteiger partial charge in [0.15, 0.2) is 0 Å². The molecular formula is C13H14Cl2N4. The van der Waals surface area contributed by atoms with E-state index in [1.807, 2.05) is 19.9 Å². The monoisotopic (exact) mass is 296 g/mol. The summed E-state index contributed by atoms with van der Waals surface area (Å²) in [5, 5.41) is 7.40. The Morgan fingerprint density at radius 3 is 2.74 bits per heavy atom. The van der Waals surface area contributed by atoms with E-state index in [4.69, 9.17) is 23.2 Å². The van der Waals surface area contributed by atoms with Crippen molar-refractivity contribution in [1.29, 1.82) is 0 Å². The lowest BCUT2D eigenvalue weighted by molar-refractivity contribution is 1.07. The summed E-state index contributed by atoms with van der Waals surface area (Å²) in [5.74, 6) is 1.30. The van der Waals surface area contributed by atoms with Gasteiger partial charge in [0.05, 0.1) is 10.7 Å². The molecule has 100 valence electrons. The highest BCUT2D eigenvalue weighted by molar-refractivity contribution is 6.36. The van der Waals surface area contributed by atoms with Crippen LogP contribution < -0.4 is 10.6 Å². The van der Waals surface area contributed by atoms with E-state index in [9.17, 15) is 0 Å². The third kappa shape index (κ3) is 3.49. The minimum Gasteiger partial charge on any atom is -0.354 e. The summed E-state index contributed by atoms with van der Waals surface area (Å²) in [7, 11) is 0. The van der Waals surface area contributed by atoms with Crippen LogP contribution in [0.4, 0.5) is 17.5 Å². The van der Waals surface area contributed by atoms with Crippen molar-refractivity contribution in [3.63, 3.8) is 0 Å². The van der Waals surface area contributed by atoms with Crippen molar-refractivity contribution in [3.05, 3.63) is 40.0 Å². The van der Waals surface area contributed by atoms with Crippen molar-refractivity contribution >= 4 is 40.7 Å². The molecule has 0 bridgehead atoms. The Morgan fingerprint density at radius 1 is 1.26 bits per heavy atom. The molecule has 0 aliphatic heterocycles. The van der Waals surface area contributed by atoms with Crippen LogP contribution in [0, 0.1) is 6.92 Å². The van der Waals surface area contributed by atoms with E-state index >= 15 is 0 Å². The van der Waals surface area contributed by atoms with Gasteiger partial charge in [-0.2, -0.15) is 4.98 Å². The van der Waals surface area contributed by atoms with Crippen LogP contribution >= 0.6 is 23.2 Å². The standard InChI is InChI=1S/C13H14Cl2N4/c1-3-16-13-17-7-8(2)12(19-13)18-11-5-4-9(14)6-10(11)15/h4-7H,3H2,1-2H3,(H2,16,17,18,19). The van der Waals surface area contributed by atoms with Crippen LogP contribution in [0.15, 0.2) is 24.4 Å². The Balaban J connectivity index is 2.29. The molecule has 0 spiro atoms. The quantitative estimate of drug-likeness (QED) is 0.885. The average Bonchev–Trinajstić information content (AvgIpc) is 2.37. The first-order valence-electron chi connectivity index (χ1n) is 5.89. The molecular weight excluding hydrogens is 283 g/mol. The van der Waals surface area contributed by atoms with Gasteiger partial charge in [0, 0.05) is 23.3 Å². The van der Waals surface area contributed by atoms with E-state index in [1.165, 1.54) is 0 Å². The lowest BCUT2D eigenvalue weighted by Crippen LogP contribution is -2.05. The first-order chi connectivity index (χ1) is 9.10. The molecule has 2 aromatic rings. The molecule has 4 nitrogen and oxygen atoms in total. The second-order valence-corrected chi connectivity index (χ2v) is 4.85. The summed E-state index contributed by atoms with van der Waals surface area (Å²) < 4.78 is 0. The smallest absolute Gasteiger partial charge is 0.224 e. The lowest BCUT2D eigenvalue weighted by atomic mass is 10.3. The Morgan fingerprint density at radius 2 is 2.05 bits per heavy atom. The van der Waals surface area contributed by atoms with Gasteiger partial charge >= 0.3 is 0 Å². The molecule has 0 fully saturated rings. The minimum absolute atomic E-state index is 0.551. The number of nitrogens with one attached hydrogen (secondary N) is 2. The lowest BCUT2D eigenvalue weighted by Gasteiger charge is -2.11. The highest BCUT2D eigenvalue weighted by Crippen LogP contribution is 2.28. The number of anilines is 3. The maximum Gasteiger partial charge on any atom is 0.224 e.